The summed E-state index contributed by atoms with van der Waals surface area (Å²) in [7, 11) is 1.11. The van der Waals surface area contributed by atoms with Crippen molar-refractivity contribution in [2.75, 3.05) is 40.9 Å². The van der Waals surface area contributed by atoms with E-state index in [4.69, 9.17) is 13.8 Å². The molecule has 0 aliphatic heterocycles. The summed E-state index contributed by atoms with van der Waals surface area (Å²) in [6, 6.07) is -0.946. The van der Waals surface area contributed by atoms with Gasteiger partial charge in [-0.2, -0.15) is 0 Å². The van der Waals surface area contributed by atoms with E-state index in [0.29, 0.717) is 23.9 Å². The highest BCUT2D eigenvalue weighted by molar-refractivity contribution is 7.45. The van der Waals surface area contributed by atoms with Gasteiger partial charge < -0.3 is 28.5 Å². The van der Waals surface area contributed by atoms with E-state index >= 15 is 0 Å². The zero-order valence-electron chi connectivity index (χ0n) is 51.7. The van der Waals surface area contributed by atoms with Crippen molar-refractivity contribution >= 4 is 19.7 Å². The van der Waals surface area contributed by atoms with E-state index in [9.17, 15) is 19.0 Å². The molecule has 3 atom stereocenters. The summed E-state index contributed by atoms with van der Waals surface area (Å²) in [5.41, 5.74) is 0. The molecule has 0 bridgehead atoms. The van der Waals surface area contributed by atoms with Crippen LogP contribution in [0.5, 0.6) is 0 Å². The van der Waals surface area contributed by atoms with Crippen LogP contribution >= 0.6 is 7.82 Å². The molecule has 0 aliphatic rings. The Hall–Kier alpha value is -4.11. The van der Waals surface area contributed by atoms with Crippen molar-refractivity contribution in [3.8, 4) is 0 Å². The molecule has 10 heteroatoms. The smallest absolute Gasteiger partial charge is 0.306 e. The first kappa shape index (κ1) is 75.9. The fourth-order valence-corrected chi connectivity index (χ4v) is 8.94. The van der Waals surface area contributed by atoms with Gasteiger partial charge in [-0.25, -0.2) is 0 Å². The number of phosphoric acid groups is 1. The number of unbranched alkanes of at least 4 members (excludes halogenated alkanes) is 17. The highest BCUT2D eigenvalue weighted by Crippen LogP contribution is 2.38. The fraction of sp³-hybridized carbons (Fsp3) is 0.629. The second-order valence-electron chi connectivity index (χ2n) is 21.8. The van der Waals surface area contributed by atoms with E-state index in [1.54, 1.807) is 6.08 Å². The average molecular weight is 1130 g/mol. The third-order valence-electron chi connectivity index (χ3n) is 13.0. The molecular formula is C70H117N2O7P. The third-order valence-corrected chi connectivity index (χ3v) is 14.0. The van der Waals surface area contributed by atoms with E-state index in [0.717, 1.165) is 128 Å². The fourth-order valence-electron chi connectivity index (χ4n) is 8.22. The number of carbonyl (C=O) groups is 2. The number of rotatable bonds is 55. The normalized spacial score (nSPS) is 14.6. The Balaban J connectivity index is 5.35. The summed E-state index contributed by atoms with van der Waals surface area (Å²) >= 11 is 0. The number of phosphoric ester groups is 1. The number of hydrogen-bond acceptors (Lipinski definition) is 7. The first-order chi connectivity index (χ1) is 38.9. The van der Waals surface area contributed by atoms with E-state index in [2.05, 4.69) is 148 Å². The molecule has 454 valence electrons. The number of nitrogens with one attached hydrogen (secondary N) is 1. The number of ether oxygens (including phenoxy) is 1. The molecule has 0 spiro atoms. The van der Waals surface area contributed by atoms with Gasteiger partial charge in [-0.05, 0) is 115 Å². The van der Waals surface area contributed by atoms with Gasteiger partial charge in [-0.3, -0.25) is 14.2 Å². The van der Waals surface area contributed by atoms with E-state index in [-0.39, 0.29) is 31.3 Å². The lowest BCUT2D eigenvalue weighted by atomic mass is 10.0. The summed E-state index contributed by atoms with van der Waals surface area (Å²) in [6.07, 6.45) is 84.1. The molecule has 3 unspecified atom stereocenters. The van der Waals surface area contributed by atoms with E-state index in [1.165, 1.54) is 57.8 Å². The molecule has 0 fully saturated rings. The Kier molecular flexibility index (Phi) is 55.1. The second-order valence-corrected chi connectivity index (χ2v) is 23.2. The van der Waals surface area contributed by atoms with Crippen molar-refractivity contribution in [2.24, 2.45) is 0 Å². The Labute approximate surface area is 491 Å². The second kappa shape index (κ2) is 58.1. The highest BCUT2D eigenvalue weighted by Gasteiger charge is 2.27. The molecule has 0 saturated heterocycles. The number of nitrogens with zero attached hydrogens (tertiary/aromatic N) is 1. The van der Waals surface area contributed by atoms with Crippen LogP contribution < -0.4 is 10.2 Å². The SMILES string of the molecule is CC/C=C\C/C=C\C/C=C\C/C=C\C/C=C\C/C=C\CCCCCCCCC(=O)OC(/C=C\CCCCCCCCCCCCC)C(COP(=O)([O-])OCC[N+](C)(C)C)NC(=O)CC/C=C/C/C=C/C/C=C/C/C=C/C/C=C/CC. The molecule has 1 N–H and O–H groups in total. The number of amides is 1. The highest BCUT2D eigenvalue weighted by atomic mass is 31.2. The Morgan fingerprint density at radius 2 is 0.812 bits per heavy atom. The van der Waals surface area contributed by atoms with Crippen LogP contribution in [0.25, 0.3) is 0 Å². The lowest BCUT2D eigenvalue weighted by molar-refractivity contribution is -0.870. The first-order valence-corrected chi connectivity index (χ1v) is 33.1. The molecule has 0 saturated carbocycles. The van der Waals surface area contributed by atoms with Crippen LogP contribution in [0.3, 0.4) is 0 Å². The number of esters is 1. The van der Waals surface area contributed by atoms with Crippen LogP contribution in [-0.2, 0) is 27.9 Å². The maximum atomic E-state index is 13.5. The standard InChI is InChI=1S/C70H117N2O7P/c1-7-10-13-16-19-22-25-28-30-32-33-34-35-36-37-38-39-40-42-45-48-51-54-57-60-63-70(74)79-68(61-58-55-52-49-46-43-27-24-21-18-15-12-9-3)67(66-78-80(75,76)77-65-64-72(4,5)6)71-69(73)62-59-56-53-50-47-44-41-31-29-26-23-20-17-14-11-8-2/h10-11,13-14,19-20,22-23,28-31,33-34,36-37,39-40,44,47,53,56,58,61,67-68H,7-9,12,15-18,21,24-27,32,35,38,41-43,45-46,48-52,54-55,57,59-60,62-66H2,1-6H3,(H-,71,73,75,76)/b13-10-,14-11+,22-19-,23-20+,30-28-,31-29+,34-33-,37-36-,40-39-,47-44+,56-53+,61-58-. The Morgan fingerprint density at radius 3 is 1.23 bits per heavy atom. The first-order valence-electron chi connectivity index (χ1n) is 31.6. The number of quaternary nitrogens is 1. The summed E-state index contributed by atoms with van der Waals surface area (Å²) in [6.45, 7) is 6.53. The van der Waals surface area contributed by atoms with Crippen molar-refractivity contribution in [3.05, 3.63) is 146 Å². The predicted molar refractivity (Wildman–Crippen MR) is 343 cm³/mol. The third kappa shape index (κ3) is 58.5. The van der Waals surface area contributed by atoms with Crippen molar-refractivity contribution in [3.63, 3.8) is 0 Å². The van der Waals surface area contributed by atoms with Crippen molar-refractivity contribution in [1.29, 1.82) is 0 Å². The zero-order valence-corrected chi connectivity index (χ0v) is 52.6. The van der Waals surface area contributed by atoms with Crippen LogP contribution in [0.15, 0.2) is 146 Å². The van der Waals surface area contributed by atoms with Gasteiger partial charge in [0.25, 0.3) is 7.82 Å². The molecule has 0 aromatic heterocycles. The quantitative estimate of drug-likeness (QED) is 0.0212. The number of likely N-dealkylation sites (N-methyl/N-ethyl adjacent to an activating group) is 1. The van der Waals surface area contributed by atoms with Crippen LogP contribution in [-0.4, -0.2) is 69.4 Å². The van der Waals surface area contributed by atoms with Gasteiger partial charge in [-0.15, -0.1) is 0 Å². The van der Waals surface area contributed by atoms with Crippen molar-refractivity contribution in [1.82, 2.24) is 5.32 Å². The van der Waals surface area contributed by atoms with Gasteiger partial charge in [0.2, 0.25) is 5.91 Å². The van der Waals surface area contributed by atoms with Crippen LogP contribution in [0.2, 0.25) is 0 Å². The minimum Gasteiger partial charge on any atom is -0.756 e. The number of carbonyl (C=O) groups excluding carboxylic acids is 2. The largest absolute Gasteiger partial charge is 0.756 e. The monoisotopic (exact) mass is 1130 g/mol. The molecule has 0 rings (SSSR count). The van der Waals surface area contributed by atoms with Gasteiger partial charge >= 0.3 is 5.97 Å². The van der Waals surface area contributed by atoms with Gasteiger partial charge in [-0.1, -0.05) is 250 Å². The van der Waals surface area contributed by atoms with Gasteiger partial charge in [0.15, 0.2) is 0 Å². The molecule has 9 nitrogen and oxygen atoms in total. The van der Waals surface area contributed by atoms with E-state index in [1.807, 2.05) is 39.4 Å². The average Bonchev–Trinajstić information content (AvgIpc) is 3.42. The topological polar surface area (TPSA) is 114 Å². The number of hydrogen-bond donors (Lipinski definition) is 1. The van der Waals surface area contributed by atoms with Crippen LogP contribution in [0.1, 0.15) is 233 Å². The molecule has 80 heavy (non-hydrogen) atoms. The van der Waals surface area contributed by atoms with Crippen LogP contribution in [0, 0.1) is 0 Å². The molecular weight excluding hydrogens is 1010 g/mol. The molecule has 0 aromatic rings. The molecule has 1 amide bonds. The molecule has 0 heterocycles. The summed E-state index contributed by atoms with van der Waals surface area (Å²) in [4.78, 5) is 40.0. The Morgan fingerprint density at radius 1 is 0.450 bits per heavy atom. The molecule has 0 radical (unpaired) electrons. The summed E-state index contributed by atoms with van der Waals surface area (Å²) in [5, 5.41) is 2.97. The lowest BCUT2D eigenvalue weighted by Gasteiger charge is -2.30. The Bertz CT molecular complexity index is 1880. The molecule has 0 aliphatic carbocycles. The van der Waals surface area contributed by atoms with Gasteiger partial charge in [0.05, 0.1) is 33.8 Å². The molecule has 0 aromatic carbocycles. The van der Waals surface area contributed by atoms with E-state index < -0.39 is 26.6 Å². The zero-order chi connectivity index (χ0) is 58.6. The maximum Gasteiger partial charge on any atom is 0.306 e. The van der Waals surface area contributed by atoms with Gasteiger partial charge in [0, 0.05) is 12.8 Å². The number of allylic oxidation sites excluding steroid dienone is 23. The van der Waals surface area contributed by atoms with Gasteiger partial charge in [0.1, 0.15) is 19.3 Å². The summed E-state index contributed by atoms with van der Waals surface area (Å²) < 4.78 is 30.3. The van der Waals surface area contributed by atoms with Crippen molar-refractivity contribution in [2.45, 2.75) is 245 Å². The lowest BCUT2D eigenvalue weighted by Crippen LogP contribution is -2.47. The van der Waals surface area contributed by atoms with Crippen LogP contribution in [0.4, 0.5) is 0 Å². The van der Waals surface area contributed by atoms with Crippen molar-refractivity contribution < 1.29 is 37.3 Å². The minimum absolute atomic E-state index is 0.0463. The predicted octanol–water partition coefficient (Wildman–Crippen LogP) is 19.2. The maximum absolute atomic E-state index is 13.5. The summed E-state index contributed by atoms with van der Waals surface area (Å²) in [5.74, 6) is -0.666. The minimum atomic E-state index is -4.73.